The third kappa shape index (κ3) is 2.73. The molecule has 0 fully saturated rings. The zero-order chi connectivity index (χ0) is 15.7. The molecule has 0 radical (unpaired) electrons. The summed E-state index contributed by atoms with van der Waals surface area (Å²) in [4.78, 5) is 0. The molecule has 0 aromatic heterocycles. The lowest BCUT2D eigenvalue weighted by atomic mass is 9.99. The Labute approximate surface area is 149 Å². The summed E-state index contributed by atoms with van der Waals surface area (Å²) in [6.07, 6.45) is 0. The summed E-state index contributed by atoms with van der Waals surface area (Å²) in [6.45, 7) is 0. The summed E-state index contributed by atoms with van der Waals surface area (Å²) in [5.74, 6) is 0. The fourth-order valence-electron chi connectivity index (χ4n) is 2.35. The fraction of sp³-hybridized carbons (Fsp3) is 0. The van der Waals surface area contributed by atoms with Gasteiger partial charge in [0.05, 0.1) is 20.1 Å². The van der Waals surface area contributed by atoms with Crippen LogP contribution in [0, 0.1) is 0 Å². The van der Waals surface area contributed by atoms with Crippen molar-refractivity contribution in [3.05, 3.63) is 80.8 Å². The van der Waals surface area contributed by atoms with E-state index in [0.717, 1.165) is 11.1 Å². The average molecular weight is 368 g/mol. The van der Waals surface area contributed by atoms with E-state index < -0.39 is 0 Å². The third-order valence-electron chi connectivity index (χ3n) is 3.39. The first-order valence-corrected chi connectivity index (χ1v) is 8.09. The van der Waals surface area contributed by atoms with Crippen LogP contribution in [0.3, 0.4) is 0 Å². The topological polar surface area (TPSA) is 0 Å². The summed E-state index contributed by atoms with van der Waals surface area (Å²) >= 11 is 25.9. The summed E-state index contributed by atoms with van der Waals surface area (Å²) in [5.41, 5.74) is 3.05. The lowest BCUT2D eigenvalue weighted by molar-refractivity contribution is 1.58. The van der Waals surface area contributed by atoms with E-state index in [1.54, 1.807) is 0 Å². The van der Waals surface area contributed by atoms with Gasteiger partial charge in [0, 0.05) is 11.1 Å². The molecule has 22 heavy (non-hydrogen) atoms. The highest BCUT2D eigenvalue weighted by atomic mass is 35.5. The van der Waals surface area contributed by atoms with Crippen molar-refractivity contribution in [2.45, 2.75) is 0 Å². The summed E-state index contributed by atoms with van der Waals surface area (Å²) in [7, 11) is 0. The Balaban J connectivity index is 2.31. The lowest BCUT2D eigenvalue weighted by Gasteiger charge is -2.16. The zero-order valence-corrected chi connectivity index (χ0v) is 14.3. The molecule has 3 aromatic carbocycles. The molecule has 4 heteroatoms. The molecule has 3 rings (SSSR count). The van der Waals surface area contributed by atoms with Crippen molar-refractivity contribution < 1.29 is 0 Å². The van der Waals surface area contributed by atoms with E-state index >= 15 is 0 Å². The van der Waals surface area contributed by atoms with Crippen LogP contribution in [0.15, 0.2) is 60.7 Å². The van der Waals surface area contributed by atoms with Crippen molar-refractivity contribution in [1.82, 2.24) is 0 Å². The summed E-state index contributed by atoms with van der Waals surface area (Å²) < 4.78 is 0. The van der Waals surface area contributed by atoms with Crippen molar-refractivity contribution in [1.29, 1.82) is 0 Å². The van der Waals surface area contributed by atoms with Crippen molar-refractivity contribution >= 4 is 46.4 Å². The minimum absolute atomic E-state index is 0.404. The molecule has 0 bridgehead atoms. The Morgan fingerprint density at radius 2 is 0.682 bits per heavy atom. The SMILES string of the molecule is Clc1c(Cl)c(-c2ccccc2)c(Cl)c(Cl)c1-c1ccccc1. The molecule has 110 valence electrons. The van der Waals surface area contributed by atoms with Gasteiger partial charge in [-0.15, -0.1) is 0 Å². The second-order valence-electron chi connectivity index (χ2n) is 4.74. The molecular weight excluding hydrogens is 358 g/mol. The van der Waals surface area contributed by atoms with Gasteiger partial charge in [-0.2, -0.15) is 0 Å². The van der Waals surface area contributed by atoms with E-state index in [9.17, 15) is 0 Å². The fourth-order valence-corrected chi connectivity index (χ4v) is 3.64. The summed E-state index contributed by atoms with van der Waals surface area (Å²) in [5, 5.41) is 1.62. The molecule has 0 heterocycles. The molecule has 0 saturated heterocycles. The van der Waals surface area contributed by atoms with E-state index in [0.29, 0.717) is 31.2 Å². The first-order valence-electron chi connectivity index (χ1n) is 6.58. The van der Waals surface area contributed by atoms with Crippen LogP contribution < -0.4 is 0 Å². The maximum atomic E-state index is 6.49. The predicted octanol–water partition coefficient (Wildman–Crippen LogP) is 7.63. The standard InChI is InChI=1S/C18H10Cl4/c19-15-13(11-7-3-1-4-8-11)16(20)18(22)14(17(15)21)12-9-5-2-6-10-12/h1-10H. The van der Waals surface area contributed by atoms with E-state index in [2.05, 4.69) is 0 Å². The van der Waals surface area contributed by atoms with E-state index in [4.69, 9.17) is 46.4 Å². The molecule has 0 unspecified atom stereocenters. The molecule has 3 aromatic rings. The van der Waals surface area contributed by atoms with Crippen molar-refractivity contribution in [3.63, 3.8) is 0 Å². The normalized spacial score (nSPS) is 10.7. The molecular formula is C18H10Cl4. The number of hydrogen-bond donors (Lipinski definition) is 0. The van der Waals surface area contributed by atoms with Crippen molar-refractivity contribution in [2.24, 2.45) is 0 Å². The Hall–Kier alpha value is -1.18. The van der Waals surface area contributed by atoms with Crippen LogP contribution in [0.2, 0.25) is 20.1 Å². The Morgan fingerprint density at radius 1 is 0.409 bits per heavy atom. The molecule has 0 nitrogen and oxygen atoms in total. The Bertz CT molecular complexity index is 712. The maximum Gasteiger partial charge on any atom is 0.0693 e. The Morgan fingerprint density at radius 3 is 0.955 bits per heavy atom. The van der Waals surface area contributed by atoms with Crippen LogP contribution in [0.5, 0.6) is 0 Å². The van der Waals surface area contributed by atoms with Gasteiger partial charge in [-0.3, -0.25) is 0 Å². The smallest absolute Gasteiger partial charge is 0.0693 e. The van der Waals surface area contributed by atoms with Crippen molar-refractivity contribution in [3.8, 4) is 22.3 Å². The largest absolute Gasteiger partial charge is 0.0819 e. The average Bonchev–Trinajstić information content (AvgIpc) is 2.55. The summed E-state index contributed by atoms with van der Waals surface area (Å²) in [6, 6.07) is 19.2. The minimum Gasteiger partial charge on any atom is -0.0819 e. The predicted molar refractivity (Wildman–Crippen MR) is 97.4 cm³/mol. The highest BCUT2D eigenvalue weighted by Gasteiger charge is 2.22. The van der Waals surface area contributed by atoms with Gasteiger partial charge in [0.15, 0.2) is 0 Å². The molecule has 0 saturated carbocycles. The molecule has 0 spiro atoms. The van der Waals surface area contributed by atoms with Crippen molar-refractivity contribution in [2.75, 3.05) is 0 Å². The van der Waals surface area contributed by atoms with E-state index in [1.807, 2.05) is 60.7 Å². The van der Waals surface area contributed by atoms with Crippen LogP contribution in [-0.2, 0) is 0 Å². The molecule has 0 aliphatic carbocycles. The van der Waals surface area contributed by atoms with Gasteiger partial charge in [-0.1, -0.05) is 107 Å². The number of hydrogen-bond acceptors (Lipinski definition) is 0. The van der Waals surface area contributed by atoms with Gasteiger partial charge >= 0.3 is 0 Å². The second kappa shape index (κ2) is 6.52. The minimum atomic E-state index is 0.404. The highest BCUT2D eigenvalue weighted by molar-refractivity contribution is 6.52. The first kappa shape index (κ1) is 15.7. The Kier molecular flexibility index (Phi) is 4.65. The lowest BCUT2D eigenvalue weighted by Crippen LogP contribution is -1.90. The zero-order valence-electron chi connectivity index (χ0n) is 11.3. The van der Waals surface area contributed by atoms with Crippen LogP contribution in [-0.4, -0.2) is 0 Å². The van der Waals surface area contributed by atoms with Gasteiger partial charge in [-0.25, -0.2) is 0 Å². The van der Waals surface area contributed by atoms with E-state index in [1.165, 1.54) is 0 Å². The number of benzene rings is 3. The number of rotatable bonds is 2. The first-order chi connectivity index (χ1) is 10.6. The molecule has 0 amide bonds. The van der Waals surface area contributed by atoms with Gasteiger partial charge in [0.1, 0.15) is 0 Å². The maximum absolute atomic E-state index is 6.49. The van der Waals surface area contributed by atoms with Crippen LogP contribution in [0.1, 0.15) is 0 Å². The molecule has 0 N–H and O–H groups in total. The number of halogens is 4. The van der Waals surface area contributed by atoms with E-state index in [-0.39, 0.29) is 0 Å². The van der Waals surface area contributed by atoms with Gasteiger partial charge in [0.2, 0.25) is 0 Å². The molecule has 0 aliphatic rings. The molecule has 0 aliphatic heterocycles. The van der Waals surface area contributed by atoms with Gasteiger partial charge < -0.3 is 0 Å². The van der Waals surface area contributed by atoms with Crippen LogP contribution in [0.4, 0.5) is 0 Å². The van der Waals surface area contributed by atoms with Crippen LogP contribution >= 0.6 is 46.4 Å². The quantitative estimate of drug-likeness (QED) is 0.408. The third-order valence-corrected chi connectivity index (χ3v) is 5.09. The second-order valence-corrected chi connectivity index (χ2v) is 6.25. The monoisotopic (exact) mass is 366 g/mol. The highest BCUT2D eigenvalue weighted by Crippen LogP contribution is 2.49. The molecule has 0 atom stereocenters. The van der Waals surface area contributed by atoms with Gasteiger partial charge in [-0.05, 0) is 11.1 Å². The van der Waals surface area contributed by atoms with Crippen LogP contribution in [0.25, 0.3) is 22.3 Å². The van der Waals surface area contributed by atoms with Gasteiger partial charge in [0.25, 0.3) is 0 Å².